The number of benzene rings is 2. The lowest BCUT2D eigenvalue weighted by molar-refractivity contribution is -0.384. The molecule has 0 bridgehead atoms. The summed E-state index contributed by atoms with van der Waals surface area (Å²) in [6.07, 6.45) is -4.46. The molecule has 0 aliphatic heterocycles. The Morgan fingerprint density at radius 1 is 1.07 bits per heavy atom. The lowest BCUT2D eigenvalue weighted by Crippen LogP contribution is -2.36. The summed E-state index contributed by atoms with van der Waals surface area (Å²) >= 11 is 0. The number of nitrogens with one attached hydrogen (secondary N) is 2. The van der Waals surface area contributed by atoms with E-state index in [-0.39, 0.29) is 30.1 Å². The van der Waals surface area contributed by atoms with Crippen molar-refractivity contribution in [2.75, 3.05) is 13.2 Å². The number of hydrogen-bond acceptors (Lipinski definition) is 5. The van der Waals surface area contributed by atoms with Crippen LogP contribution in [0.2, 0.25) is 0 Å². The topological polar surface area (TPSA) is 111 Å². The van der Waals surface area contributed by atoms with Crippen molar-refractivity contribution in [1.29, 1.82) is 0 Å². The molecule has 154 valence electrons. The fourth-order valence-corrected chi connectivity index (χ4v) is 2.20. The Kier molecular flexibility index (Phi) is 7.12. The molecule has 2 aromatic rings. The molecule has 8 nitrogen and oxygen atoms in total. The van der Waals surface area contributed by atoms with Crippen LogP contribution in [-0.4, -0.2) is 36.1 Å². The lowest BCUT2D eigenvalue weighted by Gasteiger charge is -2.11. The Morgan fingerprint density at radius 2 is 1.79 bits per heavy atom. The van der Waals surface area contributed by atoms with Gasteiger partial charge in [-0.3, -0.25) is 19.7 Å². The predicted octanol–water partition coefficient (Wildman–Crippen LogP) is 2.58. The standard InChI is InChI=1S/C18H16F3N3O5/c19-18(20,21)11-29-15-6-1-3-12(7-15)9-22-16(25)10-23-17(26)13-4-2-5-14(8-13)24(27)28/h1-8H,9-11H2,(H,22,25)(H,23,26). The first kappa shape index (κ1) is 21.7. The Labute approximate surface area is 162 Å². The Bertz CT molecular complexity index is 902. The predicted molar refractivity (Wildman–Crippen MR) is 95.3 cm³/mol. The third kappa shape index (κ3) is 7.48. The van der Waals surface area contributed by atoms with Gasteiger partial charge in [0.2, 0.25) is 5.91 Å². The van der Waals surface area contributed by atoms with Crippen LogP contribution in [0.25, 0.3) is 0 Å². The van der Waals surface area contributed by atoms with E-state index >= 15 is 0 Å². The van der Waals surface area contributed by atoms with Crippen LogP contribution in [0.4, 0.5) is 18.9 Å². The molecular formula is C18H16F3N3O5. The molecule has 2 rings (SSSR count). The molecule has 0 aliphatic rings. The van der Waals surface area contributed by atoms with E-state index in [0.717, 1.165) is 6.07 Å². The Morgan fingerprint density at radius 3 is 2.48 bits per heavy atom. The number of amides is 2. The highest BCUT2D eigenvalue weighted by molar-refractivity contribution is 5.96. The van der Waals surface area contributed by atoms with Crippen molar-refractivity contribution >= 4 is 17.5 Å². The smallest absolute Gasteiger partial charge is 0.422 e. The number of carbonyl (C=O) groups is 2. The number of rotatable bonds is 8. The van der Waals surface area contributed by atoms with Crippen molar-refractivity contribution in [3.8, 4) is 5.75 Å². The first-order chi connectivity index (χ1) is 13.6. The summed E-state index contributed by atoms with van der Waals surface area (Å²) in [6, 6.07) is 10.8. The van der Waals surface area contributed by atoms with Crippen molar-refractivity contribution in [2.24, 2.45) is 0 Å². The molecule has 0 saturated heterocycles. The molecule has 0 aliphatic carbocycles. The fraction of sp³-hybridized carbons (Fsp3) is 0.222. The van der Waals surface area contributed by atoms with E-state index in [4.69, 9.17) is 0 Å². The molecule has 0 unspecified atom stereocenters. The second-order valence-electron chi connectivity index (χ2n) is 5.82. The Hall–Kier alpha value is -3.63. The second kappa shape index (κ2) is 9.53. The summed E-state index contributed by atoms with van der Waals surface area (Å²) < 4.78 is 41.2. The maximum Gasteiger partial charge on any atom is 0.422 e. The molecule has 29 heavy (non-hydrogen) atoms. The van der Waals surface area contributed by atoms with Gasteiger partial charge in [0.25, 0.3) is 11.6 Å². The Balaban J connectivity index is 1.82. The van der Waals surface area contributed by atoms with Gasteiger partial charge in [-0.05, 0) is 23.8 Å². The third-order valence-electron chi connectivity index (χ3n) is 3.52. The van der Waals surface area contributed by atoms with E-state index in [1.54, 1.807) is 6.07 Å². The molecule has 2 N–H and O–H groups in total. The number of carbonyl (C=O) groups excluding carboxylic acids is 2. The van der Waals surface area contributed by atoms with Crippen LogP contribution >= 0.6 is 0 Å². The number of nitro groups is 1. The van der Waals surface area contributed by atoms with Gasteiger partial charge in [-0.15, -0.1) is 0 Å². The van der Waals surface area contributed by atoms with Crippen molar-refractivity contribution in [3.63, 3.8) is 0 Å². The zero-order chi connectivity index (χ0) is 21.4. The van der Waals surface area contributed by atoms with Crippen molar-refractivity contribution in [2.45, 2.75) is 12.7 Å². The largest absolute Gasteiger partial charge is 0.484 e. The molecule has 0 atom stereocenters. The molecule has 2 aromatic carbocycles. The van der Waals surface area contributed by atoms with Gasteiger partial charge in [-0.1, -0.05) is 18.2 Å². The monoisotopic (exact) mass is 411 g/mol. The van der Waals surface area contributed by atoms with Crippen LogP contribution in [0.1, 0.15) is 15.9 Å². The minimum atomic E-state index is -4.46. The summed E-state index contributed by atoms with van der Waals surface area (Å²) in [5, 5.41) is 15.5. The van der Waals surface area contributed by atoms with Crippen molar-refractivity contribution < 1.29 is 32.4 Å². The number of nitrogens with zero attached hydrogens (tertiary/aromatic N) is 1. The van der Waals surface area contributed by atoms with Gasteiger partial charge >= 0.3 is 6.18 Å². The molecule has 0 radical (unpaired) electrons. The normalized spacial score (nSPS) is 10.9. The van der Waals surface area contributed by atoms with Gasteiger partial charge in [0.05, 0.1) is 11.5 Å². The van der Waals surface area contributed by atoms with E-state index in [1.807, 2.05) is 0 Å². The quantitative estimate of drug-likeness (QED) is 0.512. The van der Waals surface area contributed by atoms with Crippen LogP contribution < -0.4 is 15.4 Å². The highest BCUT2D eigenvalue weighted by Crippen LogP contribution is 2.19. The number of non-ortho nitro benzene ring substituents is 1. The van der Waals surface area contributed by atoms with Crippen LogP contribution in [0, 0.1) is 10.1 Å². The maximum atomic E-state index is 12.2. The molecule has 0 saturated carbocycles. The lowest BCUT2D eigenvalue weighted by atomic mass is 10.2. The van der Waals surface area contributed by atoms with Crippen LogP contribution in [-0.2, 0) is 11.3 Å². The molecule has 11 heteroatoms. The minimum Gasteiger partial charge on any atom is -0.484 e. The number of nitro benzene ring substituents is 1. The first-order valence-electron chi connectivity index (χ1n) is 8.22. The first-order valence-corrected chi connectivity index (χ1v) is 8.22. The van der Waals surface area contributed by atoms with Crippen LogP contribution in [0.5, 0.6) is 5.75 Å². The average molecular weight is 411 g/mol. The number of halogens is 3. The van der Waals surface area contributed by atoms with Crippen molar-refractivity contribution in [3.05, 3.63) is 69.8 Å². The van der Waals surface area contributed by atoms with Gasteiger partial charge in [0.1, 0.15) is 5.75 Å². The van der Waals surface area contributed by atoms with Crippen LogP contribution in [0.15, 0.2) is 48.5 Å². The highest BCUT2D eigenvalue weighted by atomic mass is 19.4. The van der Waals surface area contributed by atoms with Crippen molar-refractivity contribution in [1.82, 2.24) is 10.6 Å². The summed E-state index contributed by atoms with van der Waals surface area (Å²) in [4.78, 5) is 33.9. The molecule has 0 aromatic heterocycles. The summed E-state index contributed by atoms with van der Waals surface area (Å²) in [6.45, 7) is -1.80. The van der Waals surface area contributed by atoms with Gasteiger partial charge in [-0.2, -0.15) is 13.2 Å². The van der Waals surface area contributed by atoms with E-state index in [9.17, 15) is 32.9 Å². The second-order valence-corrected chi connectivity index (χ2v) is 5.82. The highest BCUT2D eigenvalue weighted by Gasteiger charge is 2.28. The van der Waals surface area contributed by atoms with Gasteiger partial charge in [-0.25, -0.2) is 0 Å². The molecule has 0 fully saturated rings. The van der Waals surface area contributed by atoms with E-state index in [2.05, 4.69) is 15.4 Å². The molecule has 0 heterocycles. The summed E-state index contributed by atoms with van der Waals surface area (Å²) in [7, 11) is 0. The third-order valence-corrected chi connectivity index (χ3v) is 3.52. The summed E-state index contributed by atoms with van der Waals surface area (Å²) in [5.74, 6) is -1.20. The van der Waals surface area contributed by atoms with Gasteiger partial charge in [0.15, 0.2) is 6.61 Å². The maximum absolute atomic E-state index is 12.2. The minimum absolute atomic E-state index is 0.00745. The average Bonchev–Trinajstić information content (AvgIpc) is 2.68. The van der Waals surface area contributed by atoms with Gasteiger partial charge < -0.3 is 15.4 Å². The van der Waals surface area contributed by atoms with E-state index in [0.29, 0.717) is 5.56 Å². The zero-order valence-corrected chi connectivity index (χ0v) is 14.9. The molecule has 0 spiro atoms. The van der Waals surface area contributed by atoms with E-state index in [1.165, 1.54) is 36.4 Å². The van der Waals surface area contributed by atoms with E-state index < -0.39 is 29.5 Å². The molecular weight excluding hydrogens is 395 g/mol. The number of hydrogen-bond donors (Lipinski definition) is 2. The number of ether oxygens (including phenoxy) is 1. The van der Waals surface area contributed by atoms with Gasteiger partial charge in [0, 0.05) is 24.2 Å². The SMILES string of the molecule is O=C(CNC(=O)c1cccc([N+](=O)[O-])c1)NCc1cccc(OCC(F)(F)F)c1. The summed E-state index contributed by atoms with van der Waals surface area (Å²) in [5.41, 5.74) is 0.277. The fourth-order valence-electron chi connectivity index (χ4n) is 2.20. The number of alkyl halides is 3. The zero-order valence-electron chi connectivity index (χ0n) is 14.9. The molecule has 2 amide bonds. The van der Waals surface area contributed by atoms with Crippen LogP contribution in [0.3, 0.4) is 0 Å².